The first-order valence-corrected chi connectivity index (χ1v) is 12.0. The SMILES string of the molecule is C=CCOc1ccc([C@@H]2C(=C(O)c3ccc4c(c3)OCCO4)C(=O)C(=O)N2CCCn2ccnc2)cc1. The van der Waals surface area contributed by atoms with Gasteiger partial charge in [0.25, 0.3) is 11.7 Å². The van der Waals surface area contributed by atoms with Crippen LogP contribution in [-0.4, -0.2) is 57.6 Å². The summed E-state index contributed by atoms with van der Waals surface area (Å²) in [5, 5.41) is 11.3. The van der Waals surface area contributed by atoms with Crippen LogP contribution in [0.2, 0.25) is 0 Å². The Kier molecular flexibility index (Phi) is 6.93. The van der Waals surface area contributed by atoms with Gasteiger partial charge in [-0.2, -0.15) is 0 Å². The fraction of sp³-hybridized carbons (Fsp3) is 0.250. The minimum absolute atomic E-state index is 0.0315. The Morgan fingerprint density at radius 3 is 2.62 bits per heavy atom. The number of aromatic nitrogens is 2. The van der Waals surface area contributed by atoms with Gasteiger partial charge in [-0.3, -0.25) is 9.59 Å². The average molecular weight is 502 g/mol. The Balaban J connectivity index is 1.51. The summed E-state index contributed by atoms with van der Waals surface area (Å²) in [5.41, 5.74) is 1.09. The Morgan fingerprint density at radius 1 is 1.11 bits per heavy atom. The molecule has 2 aliphatic rings. The highest BCUT2D eigenvalue weighted by atomic mass is 16.6. The van der Waals surface area contributed by atoms with Gasteiger partial charge in [-0.1, -0.05) is 24.8 Å². The van der Waals surface area contributed by atoms with Crippen molar-refractivity contribution in [3.63, 3.8) is 0 Å². The largest absolute Gasteiger partial charge is 0.507 e. The smallest absolute Gasteiger partial charge is 0.295 e. The summed E-state index contributed by atoms with van der Waals surface area (Å²) in [6, 6.07) is 11.3. The van der Waals surface area contributed by atoms with Gasteiger partial charge in [-0.05, 0) is 42.3 Å². The first kappa shape index (κ1) is 24.2. The molecule has 0 saturated carbocycles. The summed E-state index contributed by atoms with van der Waals surface area (Å²) in [7, 11) is 0. The standard InChI is InChI=1S/C28H27N3O6/c1-2-14-35-21-7-4-19(5-8-21)25-24(26(32)20-6-9-22-23(17-20)37-16-15-36-22)27(33)28(34)31(25)12-3-11-30-13-10-29-18-30/h2,4-10,13,17-18,25,32H,1,3,11-12,14-16H2/t25-/m1/s1. The van der Waals surface area contributed by atoms with Crippen LogP contribution in [0, 0.1) is 0 Å². The molecule has 1 atom stereocenters. The zero-order valence-electron chi connectivity index (χ0n) is 20.2. The number of hydrogen-bond acceptors (Lipinski definition) is 7. The predicted molar refractivity (Wildman–Crippen MR) is 135 cm³/mol. The summed E-state index contributed by atoms with van der Waals surface area (Å²) in [5.74, 6) is 0.0326. The van der Waals surface area contributed by atoms with E-state index in [1.54, 1.807) is 61.1 Å². The number of aliphatic hydroxyl groups is 1. The predicted octanol–water partition coefficient (Wildman–Crippen LogP) is 3.73. The second-order valence-corrected chi connectivity index (χ2v) is 8.67. The lowest BCUT2D eigenvalue weighted by molar-refractivity contribution is -0.139. The summed E-state index contributed by atoms with van der Waals surface area (Å²) in [4.78, 5) is 32.0. The molecule has 190 valence electrons. The van der Waals surface area contributed by atoms with Gasteiger partial charge in [0, 0.05) is 31.0 Å². The number of carbonyl (C=O) groups is 2. The van der Waals surface area contributed by atoms with Crippen LogP contribution in [-0.2, 0) is 16.1 Å². The molecular weight excluding hydrogens is 474 g/mol. The molecule has 1 N–H and O–H groups in total. The molecule has 3 heterocycles. The maximum absolute atomic E-state index is 13.3. The van der Waals surface area contributed by atoms with E-state index < -0.39 is 17.7 Å². The monoisotopic (exact) mass is 501 g/mol. The van der Waals surface area contributed by atoms with Crippen LogP contribution in [0.15, 0.2) is 79.4 Å². The molecule has 0 unspecified atom stereocenters. The summed E-state index contributed by atoms with van der Waals surface area (Å²) >= 11 is 0. The van der Waals surface area contributed by atoms with Crippen molar-refractivity contribution in [2.45, 2.75) is 19.0 Å². The van der Waals surface area contributed by atoms with Crippen molar-refractivity contribution in [2.75, 3.05) is 26.4 Å². The Bertz CT molecular complexity index is 1330. The molecule has 1 amide bonds. The van der Waals surface area contributed by atoms with E-state index in [1.807, 2.05) is 10.8 Å². The molecule has 0 spiro atoms. The van der Waals surface area contributed by atoms with Crippen LogP contribution in [0.3, 0.4) is 0 Å². The molecule has 1 saturated heterocycles. The van der Waals surface area contributed by atoms with Crippen LogP contribution in [0.1, 0.15) is 23.6 Å². The van der Waals surface area contributed by atoms with Crippen molar-refractivity contribution >= 4 is 17.4 Å². The zero-order valence-corrected chi connectivity index (χ0v) is 20.2. The number of aryl methyl sites for hydroxylation is 1. The number of hydrogen-bond donors (Lipinski definition) is 1. The van der Waals surface area contributed by atoms with Crippen molar-refractivity contribution in [2.24, 2.45) is 0 Å². The molecule has 0 bridgehead atoms. The number of ketones is 1. The van der Waals surface area contributed by atoms with Crippen molar-refractivity contribution in [1.29, 1.82) is 0 Å². The molecule has 1 aromatic heterocycles. The van der Waals surface area contributed by atoms with Crippen molar-refractivity contribution in [3.8, 4) is 17.2 Å². The minimum atomic E-state index is -0.760. The zero-order chi connectivity index (χ0) is 25.8. The maximum Gasteiger partial charge on any atom is 0.295 e. The molecule has 2 aromatic carbocycles. The van der Waals surface area contributed by atoms with Gasteiger partial charge >= 0.3 is 0 Å². The number of rotatable bonds is 9. The van der Waals surface area contributed by atoms with Gasteiger partial charge in [0.15, 0.2) is 11.5 Å². The summed E-state index contributed by atoms with van der Waals surface area (Å²) in [6.07, 6.45) is 7.49. The van der Waals surface area contributed by atoms with E-state index in [2.05, 4.69) is 11.6 Å². The third-order valence-electron chi connectivity index (χ3n) is 6.29. The molecule has 5 rings (SSSR count). The third kappa shape index (κ3) is 4.93. The van der Waals surface area contributed by atoms with Crippen LogP contribution in [0.5, 0.6) is 17.2 Å². The van der Waals surface area contributed by atoms with Crippen molar-refractivity contribution in [1.82, 2.24) is 14.5 Å². The number of ether oxygens (including phenoxy) is 3. The minimum Gasteiger partial charge on any atom is -0.507 e. The summed E-state index contributed by atoms with van der Waals surface area (Å²) < 4.78 is 18.7. The lowest BCUT2D eigenvalue weighted by atomic mass is 9.95. The van der Waals surface area contributed by atoms with E-state index in [0.29, 0.717) is 67.7 Å². The number of likely N-dealkylation sites (tertiary alicyclic amines) is 1. The topological polar surface area (TPSA) is 103 Å². The van der Waals surface area contributed by atoms with E-state index in [-0.39, 0.29) is 11.3 Å². The van der Waals surface area contributed by atoms with Gasteiger partial charge in [0.1, 0.15) is 31.3 Å². The van der Waals surface area contributed by atoms with Crippen LogP contribution >= 0.6 is 0 Å². The molecule has 3 aromatic rings. The lowest BCUT2D eigenvalue weighted by Crippen LogP contribution is -2.31. The normalized spacial score (nSPS) is 18.2. The fourth-order valence-corrected chi connectivity index (χ4v) is 4.55. The van der Waals surface area contributed by atoms with Crippen molar-refractivity contribution < 1.29 is 28.9 Å². The first-order chi connectivity index (χ1) is 18.1. The van der Waals surface area contributed by atoms with Crippen LogP contribution in [0.25, 0.3) is 5.76 Å². The number of amides is 1. The molecule has 0 aliphatic carbocycles. The van der Waals surface area contributed by atoms with E-state index in [1.165, 1.54) is 4.90 Å². The molecule has 1 fully saturated rings. The summed E-state index contributed by atoms with van der Waals surface area (Å²) in [6.45, 7) is 5.79. The highest BCUT2D eigenvalue weighted by Gasteiger charge is 2.45. The van der Waals surface area contributed by atoms with Gasteiger partial charge in [0.05, 0.1) is 17.9 Å². The molecule has 0 radical (unpaired) electrons. The number of benzene rings is 2. The molecule has 9 heteroatoms. The molecule has 2 aliphatic heterocycles. The average Bonchev–Trinajstić information content (AvgIpc) is 3.54. The molecular formula is C28H27N3O6. The Hall–Kier alpha value is -4.53. The Morgan fingerprint density at radius 2 is 1.89 bits per heavy atom. The van der Waals surface area contributed by atoms with Gasteiger partial charge in [0.2, 0.25) is 0 Å². The maximum atomic E-state index is 13.3. The molecule has 9 nitrogen and oxygen atoms in total. The second kappa shape index (κ2) is 10.6. The fourth-order valence-electron chi connectivity index (χ4n) is 4.55. The number of aliphatic hydroxyl groups excluding tert-OH is 1. The number of imidazole rings is 1. The van der Waals surface area contributed by atoms with Gasteiger partial charge in [-0.25, -0.2) is 4.98 Å². The third-order valence-corrected chi connectivity index (χ3v) is 6.29. The van der Waals surface area contributed by atoms with E-state index in [0.717, 1.165) is 0 Å². The van der Waals surface area contributed by atoms with Gasteiger partial charge in [-0.15, -0.1) is 0 Å². The highest BCUT2D eigenvalue weighted by Crippen LogP contribution is 2.41. The van der Waals surface area contributed by atoms with E-state index in [9.17, 15) is 14.7 Å². The van der Waals surface area contributed by atoms with Crippen LogP contribution < -0.4 is 14.2 Å². The Labute approximate surface area is 214 Å². The number of Topliss-reactive ketones (excluding diaryl/α,β-unsaturated/α-hetero) is 1. The molecule has 37 heavy (non-hydrogen) atoms. The van der Waals surface area contributed by atoms with E-state index >= 15 is 0 Å². The number of carbonyl (C=O) groups excluding carboxylic acids is 2. The number of fused-ring (bicyclic) bond motifs is 1. The van der Waals surface area contributed by atoms with E-state index in [4.69, 9.17) is 14.2 Å². The number of nitrogens with zero attached hydrogens (tertiary/aromatic N) is 3. The first-order valence-electron chi connectivity index (χ1n) is 12.0. The van der Waals surface area contributed by atoms with Crippen molar-refractivity contribution in [3.05, 3.63) is 90.5 Å². The quantitative estimate of drug-likeness (QED) is 0.206. The second-order valence-electron chi connectivity index (χ2n) is 8.67. The van der Waals surface area contributed by atoms with Gasteiger partial charge < -0.3 is 28.8 Å². The van der Waals surface area contributed by atoms with Crippen LogP contribution in [0.4, 0.5) is 0 Å². The lowest BCUT2D eigenvalue weighted by Gasteiger charge is -2.26. The highest BCUT2D eigenvalue weighted by molar-refractivity contribution is 6.46.